The van der Waals surface area contributed by atoms with Gasteiger partial charge in [-0.15, -0.1) is 11.3 Å². The Hall–Kier alpha value is -7.41. The molecule has 0 aliphatic rings. The number of hydrogen-bond donors (Lipinski definition) is 0. The summed E-state index contributed by atoms with van der Waals surface area (Å²) < 4.78 is 11.3. The van der Waals surface area contributed by atoms with Gasteiger partial charge >= 0.3 is 0 Å². The SMILES string of the molecule is c1ccc(-c2nc(-c3ccc4c(c3)sc3ccccc34)nc(-c3ccc4oc5ccc(-c6cccc7c8ccccc8n(-c8ccccc8)c67)cc5c4c3)n2)cc1. The molecule has 0 aliphatic heterocycles. The highest BCUT2D eigenvalue weighted by Gasteiger charge is 2.19. The van der Waals surface area contributed by atoms with E-state index in [4.69, 9.17) is 19.4 Å². The molecule has 0 radical (unpaired) electrons. The average Bonchev–Trinajstić information content (AvgIpc) is 3.95. The second-order valence-corrected chi connectivity index (χ2v) is 15.5. The minimum absolute atomic E-state index is 0.611. The van der Waals surface area contributed by atoms with E-state index < -0.39 is 0 Å². The maximum atomic E-state index is 6.46. The zero-order valence-corrected chi connectivity index (χ0v) is 31.2. The number of aromatic nitrogens is 4. The molecule has 4 aromatic heterocycles. The van der Waals surface area contributed by atoms with E-state index in [1.54, 1.807) is 11.3 Å². The first kappa shape index (κ1) is 31.9. The van der Waals surface area contributed by atoms with Crippen LogP contribution >= 0.6 is 11.3 Å². The lowest BCUT2D eigenvalue weighted by molar-refractivity contribution is 0.669. The Morgan fingerprint density at radius 1 is 0.386 bits per heavy atom. The molecule has 0 aliphatic carbocycles. The number of nitrogens with zero attached hydrogens (tertiary/aromatic N) is 4. The minimum Gasteiger partial charge on any atom is -0.456 e. The number of thiophene rings is 1. The lowest BCUT2D eigenvalue weighted by Gasteiger charge is -2.12. The smallest absolute Gasteiger partial charge is 0.164 e. The van der Waals surface area contributed by atoms with Gasteiger partial charge in [-0.1, -0.05) is 121 Å². The first-order valence-corrected chi connectivity index (χ1v) is 19.8. The minimum atomic E-state index is 0.611. The molecule has 57 heavy (non-hydrogen) atoms. The highest BCUT2D eigenvalue weighted by Crippen LogP contribution is 2.41. The number of benzene rings is 8. The Balaban J connectivity index is 1.03. The fourth-order valence-electron chi connectivity index (χ4n) is 8.40. The van der Waals surface area contributed by atoms with Gasteiger partial charge in [0.05, 0.1) is 11.0 Å². The molecule has 0 atom stereocenters. The molecule has 0 N–H and O–H groups in total. The van der Waals surface area contributed by atoms with E-state index in [1.807, 2.05) is 42.5 Å². The second kappa shape index (κ2) is 12.6. The molecule has 5 nitrogen and oxygen atoms in total. The molecule has 0 fully saturated rings. The number of fused-ring (bicyclic) bond motifs is 9. The molecule has 12 aromatic rings. The maximum absolute atomic E-state index is 6.46. The predicted octanol–water partition coefficient (Wildman–Crippen LogP) is 13.9. The first-order valence-electron chi connectivity index (χ1n) is 19.0. The molecule has 0 bridgehead atoms. The zero-order valence-electron chi connectivity index (χ0n) is 30.4. The van der Waals surface area contributed by atoms with E-state index in [0.717, 1.165) is 55.4 Å². The molecule has 0 amide bonds. The third kappa shape index (κ3) is 5.12. The van der Waals surface area contributed by atoms with Gasteiger partial charge in [0.25, 0.3) is 0 Å². The molecule has 8 aromatic carbocycles. The molecule has 0 saturated heterocycles. The summed E-state index contributed by atoms with van der Waals surface area (Å²) in [6.45, 7) is 0. The van der Waals surface area contributed by atoms with Crippen LogP contribution in [0.15, 0.2) is 186 Å². The van der Waals surface area contributed by atoms with Crippen LogP contribution in [-0.4, -0.2) is 19.5 Å². The monoisotopic (exact) mass is 746 g/mol. The molecule has 12 rings (SSSR count). The summed E-state index contributed by atoms with van der Waals surface area (Å²) in [7, 11) is 0. The van der Waals surface area contributed by atoms with Crippen LogP contribution in [0.3, 0.4) is 0 Å². The van der Waals surface area contributed by atoms with Gasteiger partial charge in [0.1, 0.15) is 11.2 Å². The van der Waals surface area contributed by atoms with Crippen LogP contribution in [0.5, 0.6) is 0 Å². The van der Waals surface area contributed by atoms with E-state index in [1.165, 1.54) is 42.0 Å². The van der Waals surface area contributed by atoms with Crippen molar-refractivity contribution in [2.45, 2.75) is 0 Å². The number of para-hydroxylation sites is 3. The Morgan fingerprint density at radius 3 is 1.75 bits per heavy atom. The van der Waals surface area contributed by atoms with Crippen LogP contribution < -0.4 is 0 Å². The van der Waals surface area contributed by atoms with E-state index in [0.29, 0.717) is 17.5 Å². The number of hydrogen-bond acceptors (Lipinski definition) is 5. The number of furan rings is 1. The van der Waals surface area contributed by atoms with Crippen molar-refractivity contribution in [1.29, 1.82) is 0 Å². The summed E-state index contributed by atoms with van der Waals surface area (Å²) >= 11 is 1.79. The van der Waals surface area contributed by atoms with Crippen molar-refractivity contribution in [2.75, 3.05) is 0 Å². The number of rotatable bonds is 5. The normalized spacial score (nSPS) is 11.9. The predicted molar refractivity (Wildman–Crippen MR) is 236 cm³/mol. The summed E-state index contributed by atoms with van der Waals surface area (Å²) in [6, 6.07) is 63.9. The van der Waals surface area contributed by atoms with E-state index in [9.17, 15) is 0 Å². The average molecular weight is 747 g/mol. The fraction of sp³-hybridized carbons (Fsp3) is 0. The van der Waals surface area contributed by atoms with Gasteiger partial charge in [-0.25, -0.2) is 15.0 Å². The Labute approximate surface area is 330 Å². The quantitative estimate of drug-likeness (QED) is 0.176. The molecular weight excluding hydrogens is 717 g/mol. The molecule has 266 valence electrons. The van der Waals surface area contributed by atoms with Crippen molar-refractivity contribution in [1.82, 2.24) is 19.5 Å². The second-order valence-electron chi connectivity index (χ2n) is 14.4. The van der Waals surface area contributed by atoms with Gasteiger partial charge in [-0.3, -0.25) is 0 Å². The molecule has 0 unspecified atom stereocenters. The highest BCUT2D eigenvalue weighted by atomic mass is 32.1. The molecule has 0 spiro atoms. The van der Waals surface area contributed by atoms with Crippen molar-refractivity contribution in [3.8, 4) is 51.0 Å². The van der Waals surface area contributed by atoms with Crippen molar-refractivity contribution in [3.63, 3.8) is 0 Å². The first-order chi connectivity index (χ1) is 28.2. The third-order valence-corrected chi connectivity index (χ3v) is 12.2. The molecule has 0 saturated carbocycles. The Kier molecular flexibility index (Phi) is 7.03. The molecule has 6 heteroatoms. The molecule has 4 heterocycles. The van der Waals surface area contributed by atoms with Crippen molar-refractivity contribution in [2.24, 2.45) is 0 Å². The highest BCUT2D eigenvalue weighted by molar-refractivity contribution is 7.25. The summed E-state index contributed by atoms with van der Waals surface area (Å²) in [5, 5.41) is 7.01. The van der Waals surface area contributed by atoms with Gasteiger partial charge < -0.3 is 8.98 Å². The van der Waals surface area contributed by atoms with Gasteiger partial charge in [0.15, 0.2) is 17.5 Å². The van der Waals surface area contributed by atoms with Crippen molar-refractivity contribution >= 4 is 75.3 Å². The van der Waals surface area contributed by atoms with Crippen LogP contribution in [0.1, 0.15) is 0 Å². The Bertz CT molecular complexity index is 3530. The van der Waals surface area contributed by atoms with Crippen LogP contribution in [0, 0.1) is 0 Å². The summed E-state index contributed by atoms with van der Waals surface area (Å²) in [4.78, 5) is 15.3. The topological polar surface area (TPSA) is 56.7 Å². The third-order valence-electron chi connectivity index (χ3n) is 11.1. The lowest BCUT2D eigenvalue weighted by atomic mass is 9.99. The van der Waals surface area contributed by atoms with E-state index in [-0.39, 0.29) is 0 Å². The summed E-state index contributed by atoms with van der Waals surface area (Å²) in [5.74, 6) is 1.88. The van der Waals surface area contributed by atoms with Crippen LogP contribution in [0.2, 0.25) is 0 Å². The van der Waals surface area contributed by atoms with E-state index >= 15 is 0 Å². The Morgan fingerprint density at radius 2 is 0.965 bits per heavy atom. The zero-order chi connectivity index (χ0) is 37.5. The fourth-order valence-corrected chi connectivity index (χ4v) is 9.54. The summed E-state index contributed by atoms with van der Waals surface area (Å²) in [6.07, 6.45) is 0. The van der Waals surface area contributed by atoms with Crippen molar-refractivity contribution < 1.29 is 4.42 Å². The van der Waals surface area contributed by atoms with Crippen LogP contribution in [-0.2, 0) is 0 Å². The van der Waals surface area contributed by atoms with Crippen LogP contribution in [0.4, 0.5) is 0 Å². The van der Waals surface area contributed by atoms with Crippen LogP contribution in [0.25, 0.3) is 115 Å². The van der Waals surface area contributed by atoms with Gasteiger partial charge in [-0.05, 0) is 66.2 Å². The maximum Gasteiger partial charge on any atom is 0.164 e. The largest absolute Gasteiger partial charge is 0.456 e. The van der Waals surface area contributed by atoms with Gasteiger partial charge in [0, 0.05) is 69.7 Å². The summed E-state index contributed by atoms with van der Waals surface area (Å²) in [5.41, 5.74) is 10.2. The lowest BCUT2D eigenvalue weighted by Crippen LogP contribution is -2.00. The van der Waals surface area contributed by atoms with Gasteiger partial charge in [-0.2, -0.15) is 0 Å². The van der Waals surface area contributed by atoms with Gasteiger partial charge in [0.2, 0.25) is 0 Å². The molecular formula is C51H30N4OS. The standard InChI is InChI=1S/C51H30N4OS/c1-3-12-31(13-4-1)49-52-50(54-51(53-49)34-22-25-39-38-17-8-10-21-46(38)57-47(39)30-34)33-24-27-45-42(29-33)41-28-32(23-26-44(41)56-45)36-18-11-19-40-37-16-7-9-20-43(37)55(48(36)40)35-14-5-2-6-15-35/h1-30H. The van der Waals surface area contributed by atoms with Crippen molar-refractivity contribution in [3.05, 3.63) is 182 Å². The van der Waals surface area contributed by atoms with E-state index in [2.05, 4.69) is 144 Å².